The third kappa shape index (κ3) is 5.59. The number of hydrogen-bond donors (Lipinski definition) is 2. The molecule has 0 spiro atoms. The van der Waals surface area contributed by atoms with Crippen LogP contribution >= 0.6 is 0 Å². The minimum atomic E-state index is -0.433. The second-order valence-electron chi connectivity index (χ2n) is 5.36. The van der Waals surface area contributed by atoms with Gasteiger partial charge in [0.2, 0.25) is 0 Å². The molecule has 21 heavy (non-hydrogen) atoms. The second-order valence-corrected chi connectivity index (χ2v) is 5.36. The van der Waals surface area contributed by atoms with Crippen LogP contribution in [0.25, 0.3) is 0 Å². The highest BCUT2D eigenvalue weighted by Gasteiger charge is 2.13. The summed E-state index contributed by atoms with van der Waals surface area (Å²) in [6.45, 7) is 6.17. The molecule has 0 aliphatic carbocycles. The second kappa shape index (κ2) is 8.46. The van der Waals surface area contributed by atoms with Gasteiger partial charge in [-0.15, -0.1) is 0 Å². The lowest BCUT2D eigenvalue weighted by Gasteiger charge is -2.20. The molecule has 1 heterocycles. The van der Waals surface area contributed by atoms with Gasteiger partial charge in [-0.2, -0.15) is 0 Å². The molecule has 0 aliphatic heterocycles. The molecule has 0 fully saturated rings. The van der Waals surface area contributed by atoms with Crippen LogP contribution in [0, 0.1) is 0 Å². The molecule has 1 aromatic heterocycles. The fourth-order valence-corrected chi connectivity index (χ4v) is 1.84. The summed E-state index contributed by atoms with van der Waals surface area (Å²) in [4.78, 5) is 18.1. The van der Waals surface area contributed by atoms with Crippen LogP contribution in [0.3, 0.4) is 0 Å². The fourth-order valence-electron chi connectivity index (χ4n) is 1.84. The molecule has 6 heteroatoms. The van der Waals surface area contributed by atoms with Crippen LogP contribution in [0.15, 0.2) is 12.3 Å². The third-order valence-electron chi connectivity index (χ3n) is 3.43. The number of nitrogens with one attached hydrogen (secondary N) is 1. The van der Waals surface area contributed by atoms with Crippen molar-refractivity contribution < 1.29 is 9.53 Å². The Balaban J connectivity index is 2.47. The van der Waals surface area contributed by atoms with Gasteiger partial charge in [0, 0.05) is 12.6 Å². The third-order valence-corrected chi connectivity index (χ3v) is 3.43. The highest BCUT2D eigenvalue weighted by molar-refractivity contribution is 5.95. The number of rotatable bonds is 8. The summed E-state index contributed by atoms with van der Waals surface area (Å²) in [6, 6.07) is 2.14. The zero-order chi connectivity index (χ0) is 15.8. The van der Waals surface area contributed by atoms with Gasteiger partial charge in [0.25, 0.3) is 0 Å². The molecule has 3 N–H and O–H groups in total. The van der Waals surface area contributed by atoms with Crippen LogP contribution in [0.4, 0.5) is 11.5 Å². The van der Waals surface area contributed by atoms with Gasteiger partial charge in [0.05, 0.1) is 19.0 Å². The van der Waals surface area contributed by atoms with Crippen molar-refractivity contribution in [1.82, 2.24) is 9.88 Å². The molecule has 0 aliphatic rings. The fraction of sp³-hybridized carbons (Fsp3) is 0.600. The lowest BCUT2D eigenvalue weighted by atomic mass is 10.2. The van der Waals surface area contributed by atoms with Crippen molar-refractivity contribution in [1.29, 1.82) is 0 Å². The Hall–Kier alpha value is -1.82. The summed E-state index contributed by atoms with van der Waals surface area (Å²) in [6.07, 6.45) is 3.62. The van der Waals surface area contributed by atoms with Gasteiger partial charge in [0.15, 0.2) is 0 Å². The van der Waals surface area contributed by atoms with Crippen molar-refractivity contribution in [2.75, 3.05) is 38.3 Å². The predicted molar refractivity (Wildman–Crippen MR) is 85.5 cm³/mol. The highest BCUT2D eigenvalue weighted by atomic mass is 16.5. The number of esters is 1. The Morgan fingerprint density at radius 1 is 1.48 bits per heavy atom. The van der Waals surface area contributed by atoms with Crippen molar-refractivity contribution in [3.05, 3.63) is 17.8 Å². The van der Waals surface area contributed by atoms with Gasteiger partial charge in [-0.3, -0.25) is 0 Å². The first-order valence-electron chi connectivity index (χ1n) is 7.23. The van der Waals surface area contributed by atoms with E-state index < -0.39 is 5.97 Å². The Labute approximate surface area is 126 Å². The number of methoxy groups -OCH3 is 1. The summed E-state index contributed by atoms with van der Waals surface area (Å²) < 4.78 is 4.74. The van der Waals surface area contributed by atoms with Crippen molar-refractivity contribution in [2.24, 2.45) is 0 Å². The van der Waals surface area contributed by atoms with E-state index in [2.05, 4.69) is 36.1 Å². The van der Waals surface area contributed by atoms with E-state index in [1.807, 2.05) is 0 Å². The number of anilines is 2. The summed E-state index contributed by atoms with van der Waals surface area (Å²) in [7, 11) is 3.46. The largest absolute Gasteiger partial charge is 0.465 e. The molecular formula is C15H26N4O2. The maximum Gasteiger partial charge on any atom is 0.341 e. The lowest BCUT2D eigenvalue weighted by molar-refractivity contribution is 0.0601. The maximum absolute atomic E-state index is 11.7. The van der Waals surface area contributed by atoms with E-state index in [9.17, 15) is 4.79 Å². The molecule has 0 bridgehead atoms. The molecule has 0 radical (unpaired) electrons. The monoisotopic (exact) mass is 294 g/mol. The predicted octanol–water partition coefficient (Wildman–Crippen LogP) is 1.98. The Morgan fingerprint density at radius 2 is 2.19 bits per heavy atom. The number of aromatic nitrogens is 1. The Bertz CT molecular complexity index is 463. The number of nitrogens with two attached hydrogens (primary N) is 1. The Morgan fingerprint density at radius 3 is 2.81 bits per heavy atom. The van der Waals surface area contributed by atoms with Gasteiger partial charge in [-0.05, 0) is 46.3 Å². The average Bonchev–Trinajstić information content (AvgIpc) is 2.46. The summed E-state index contributed by atoms with van der Waals surface area (Å²) >= 11 is 0. The smallest absolute Gasteiger partial charge is 0.341 e. The van der Waals surface area contributed by atoms with Crippen molar-refractivity contribution in [2.45, 2.75) is 32.7 Å². The number of pyridine rings is 1. The highest BCUT2D eigenvalue weighted by Crippen LogP contribution is 2.16. The standard InChI is InChI=1S/C15H26N4O2/c1-11(2)19(3)8-6-5-7-17-14-13(15(20)21-4)9-12(16)10-18-14/h9-11H,5-8,16H2,1-4H3,(H,17,18). The van der Waals surface area contributed by atoms with Crippen LogP contribution in [0.5, 0.6) is 0 Å². The average molecular weight is 294 g/mol. The number of nitrogen functional groups attached to an aromatic ring is 1. The van der Waals surface area contributed by atoms with Crippen molar-refractivity contribution >= 4 is 17.5 Å². The lowest BCUT2D eigenvalue weighted by Crippen LogP contribution is -2.27. The SMILES string of the molecule is COC(=O)c1cc(N)cnc1NCCCCN(C)C(C)C. The van der Waals surface area contributed by atoms with Crippen molar-refractivity contribution in [3.8, 4) is 0 Å². The molecule has 6 nitrogen and oxygen atoms in total. The Kier molecular flexibility index (Phi) is 6.94. The normalized spacial score (nSPS) is 11.0. The van der Waals surface area contributed by atoms with Crippen LogP contribution in [-0.2, 0) is 4.74 Å². The zero-order valence-electron chi connectivity index (χ0n) is 13.3. The van der Waals surface area contributed by atoms with E-state index in [0.717, 1.165) is 25.9 Å². The van der Waals surface area contributed by atoms with E-state index in [-0.39, 0.29) is 0 Å². The maximum atomic E-state index is 11.7. The molecule has 1 aromatic rings. The first-order valence-corrected chi connectivity index (χ1v) is 7.23. The molecule has 0 unspecified atom stereocenters. The minimum absolute atomic E-state index is 0.372. The molecule has 0 aromatic carbocycles. The molecular weight excluding hydrogens is 268 g/mol. The van der Waals surface area contributed by atoms with E-state index in [4.69, 9.17) is 10.5 Å². The van der Waals surface area contributed by atoms with Gasteiger partial charge >= 0.3 is 5.97 Å². The molecule has 0 amide bonds. The first kappa shape index (κ1) is 17.2. The van der Waals surface area contributed by atoms with E-state index in [0.29, 0.717) is 23.1 Å². The van der Waals surface area contributed by atoms with E-state index >= 15 is 0 Å². The molecule has 118 valence electrons. The van der Waals surface area contributed by atoms with Crippen LogP contribution in [0.1, 0.15) is 37.0 Å². The first-order chi connectivity index (χ1) is 9.95. The summed E-state index contributed by atoms with van der Waals surface area (Å²) in [5.74, 6) is 0.0881. The summed E-state index contributed by atoms with van der Waals surface area (Å²) in [5, 5.41) is 3.17. The number of carbonyl (C=O) groups is 1. The van der Waals surface area contributed by atoms with Gasteiger partial charge in [-0.25, -0.2) is 9.78 Å². The van der Waals surface area contributed by atoms with Gasteiger partial charge in [0.1, 0.15) is 11.4 Å². The molecule has 1 rings (SSSR count). The molecule has 0 atom stereocenters. The van der Waals surface area contributed by atoms with Crippen LogP contribution in [-0.4, -0.2) is 49.1 Å². The van der Waals surface area contributed by atoms with Crippen LogP contribution < -0.4 is 11.1 Å². The van der Waals surface area contributed by atoms with Gasteiger partial charge in [-0.1, -0.05) is 0 Å². The topological polar surface area (TPSA) is 80.5 Å². The number of unbranched alkanes of at least 4 members (excludes halogenated alkanes) is 1. The zero-order valence-corrected chi connectivity index (χ0v) is 13.3. The van der Waals surface area contributed by atoms with E-state index in [1.54, 1.807) is 6.07 Å². The van der Waals surface area contributed by atoms with Crippen molar-refractivity contribution in [3.63, 3.8) is 0 Å². The molecule has 0 saturated carbocycles. The van der Waals surface area contributed by atoms with Gasteiger partial charge < -0.3 is 20.7 Å². The number of hydrogen-bond acceptors (Lipinski definition) is 6. The van der Waals surface area contributed by atoms with Crippen LogP contribution in [0.2, 0.25) is 0 Å². The van der Waals surface area contributed by atoms with E-state index in [1.165, 1.54) is 13.3 Å². The minimum Gasteiger partial charge on any atom is -0.465 e. The quantitative estimate of drug-likeness (QED) is 0.564. The number of carbonyl (C=O) groups excluding carboxylic acids is 1. The number of nitrogens with zero attached hydrogens (tertiary/aromatic N) is 2. The summed E-state index contributed by atoms with van der Waals surface area (Å²) in [5.41, 5.74) is 6.47. The molecule has 0 saturated heterocycles. The number of ether oxygens (including phenoxy) is 1.